The third-order valence-electron chi connectivity index (χ3n) is 5.99. The van der Waals surface area contributed by atoms with Crippen LogP contribution in [-0.2, 0) is 4.74 Å². The molecule has 0 spiro atoms. The van der Waals surface area contributed by atoms with Crippen LogP contribution in [0.2, 0.25) is 0 Å². The molecule has 2 fully saturated rings. The lowest BCUT2D eigenvalue weighted by atomic mass is 9.86. The Bertz CT molecular complexity index is 620. The van der Waals surface area contributed by atoms with E-state index in [4.69, 9.17) is 16.3 Å². The summed E-state index contributed by atoms with van der Waals surface area (Å²) in [6.45, 7) is 14.1. The standard InChI is InChI=1S/C22H34ClN3O/c1-4-18(2)20(22(3,23)26-14-16-27-17-15-26)21(19-8-6-5-7-9-19)25-12-10-24-11-13-25/h5-9,21,24H,4,10-17H2,1-3H3. The van der Waals surface area contributed by atoms with Gasteiger partial charge in [0, 0.05) is 39.3 Å². The van der Waals surface area contributed by atoms with Crippen LogP contribution in [0, 0.1) is 0 Å². The lowest BCUT2D eigenvalue weighted by Gasteiger charge is -2.47. The monoisotopic (exact) mass is 391 g/mol. The number of hydrogen-bond acceptors (Lipinski definition) is 4. The minimum Gasteiger partial charge on any atom is -0.379 e. The first-order valence-electron chi connectivity index (χ1n) is 10.3. The normalized spacial score (nSPS) is 24.1. The number of allylic oxidation sites excluding steroid dienone is 1. The third-order valence-corrected chi connectivity index (χ3v) is 6.43. The highest BCUT2D eigenvalue weighted by atomic mass is 35.5. The van der Waals surface area contributed by atoms with Gasteiger partial charge in [-0.25, -0.2) is 0 Å². The number of rotatable bonds is 6. The Morgan fingerprint density at radius 2 is 1.78 bits per heavy atom. The van der Waals surface area contributed by atoms with Gasteiger partial charge in [0.05, 0.1) is 19.3 Å². The van der Waals surface area contributed by atoms with Gasteiger partial charge in [0.2, 0.25) is 0 Å². The zero-order valence-corrected chi connectivity index (χ0v) is 17.8. The smallest absolute Gasteiger partial charge is 0.117 e. The largest absolute Gasteiger partial charge is 0.379 e. The Morgan fingerprint density at radius 1 is 1.15 bits per heavy atom. The number of alkyl halides is 1. The SMILES string of the molecule is CCC(C)=C(C(c1ccccc1)N1CCNCC1)C(C)(Cl)N1CCOCC1. The second kappa shape index (κ2) is 9.53. The fraction of sp³-hybridized carbons (Fsp3) is 0.636. The molecular weight excluding hydrogens is 358 g/mol. The second-order valence-corrected chi connectivity index (χ2v) is 8.44. The zero-order chi connectivity index (χ0) is 19.3. The fourth-order valence-corrected chi connectivity index (χ4v) is 4.79. The maximum Gasteiger partial charge on any atom is 0.117 e. The van der Waals surface area contributed by atoms with E-state index in [1.165, 1.54) is 16.7 Å². The quantitative estimate of drug-likeness (QED) is 0.455. The topological polar surface area (TPSA) is 27.7 Å². The van der Waals surface area contributed by atoms with E-state index < -0.39 is 5.00 Å². The average Bonchev–Trinajstić information content (AvgIpc) is 2.73. The van der Waals surface area contributed by atoms with E-state index in [2.05, 4.69) is 66.2 Å². The Hall–Kier alpha value is -0.910. The van der Waals surface area contributed by atoms with Gasteiger partial charge in [0.25, 0.3) is 0 Å². The number of nitrogens with one attached hydrogen (secondary N) is 1. The first-order chi connectivity index (χ1) is 13.1. The number of halogens is 1. The summed E-state index contributed by atoms with van der Waals surface area (Å²) in [5.41, 5.74) is 4.08. The van der Waals surface area contributed by atoms with E-state index in [-0.39, 0.29) is 6.04 Å². The number of ether oxygens (including phenoxy) is 1. The summed E-state index contributed by atoms with van der Waals surface area (Å²) in [6, 6.07) is 11.1. The first kappa shape index (κ1) is 20.8. The van der Waals surface area contributed by atoms with E-state index in [0.717, 1.165) is 58.9 Å². The molecule has 1 aromatic carbocycles. The third kappa shape index (κ3) is 4.75. The molecule has 1 aromatic rings. The molecule has 0 bridgehead atoms. The molecule has 0 aromatic heterocycles. The van der Waals surface area contributed by atoms with Gasteiger partial charge < -0.3 is 10.1 Å². The van der Waals surface area contributed by atoms with Crippen LogP contribution in [-0.4, -0.2) is 67.3 Å². The van der Waals surface area contributed by atoms with E-state index in [0.29, 0.717) is 0 Å². The molecule has 150 valence electrons. The predicted octanol–water partition coefficient (Wildman–Crippen LogP) is 3.65. The van der Waals surface area contributed by atoms with E-state index in [1.54, 1.807) is 0 Å². The molecule has 3 rings (SSSR count). The minimum absolute atomic E-state index is 0.207. The van der Waals surface area contributed by atoms with Gasteiger partial charge in [-0.15, -0.1) is 0 Å². The van der Waals surface area contributed by atoms with Crippen LogP contribution < -0.4 is 5.32 Å². The molecule has 2 heterocycles. The van der Waals surface area contributed by atoms with Gasteiger partial charge in [-0.1, -0.05) is 54.4 Å². The zero-order valence-electron chi connectivity index (χ0n) is 17.0. The van der Waals surface area contributed by atoms with Gasteiger partial charge in [0.1, 0.15) is 5.00 Å². The van der Waals surface area contributed by atoms with E-state index in [1.807, 2.05) is 0 Å². The van der Waals surface area contributed by atoms with Gasteiger partial charge in [-0.05, 0) is 31.4 Å². The van der Waals surface area contributed by atoms with Crippen LogP contribution in [0.5, 0.6) is 0 Å². The van der Waals surface area contributed by atoms with Crippen molar-refractivity contribution in [3.8, 4) is 0 Å². The van der Waals surface area contributed by atoms with Crippen LogP contribution in [0.4, 0.5) is 0 Å². The van der Waals surface area contributed by atoms with Crippen LogP contribution in [0.1, 0.15) is 38.8 Å². The Kier molecular flexibility index (Phi) is 7.35. The number of morpholine rings is 1. The summed E-state index contributed by atoms with van der Waals surface area (Å²) in [7, 11) is 0. The summed E-state index contributed by atoms with van der Waals surface area (Å²) < 4.78 is 5.59. The van der Waals surface area contributed by atoms with Gasteiger partial charge >= 0.3 is 0 Å². The van der Waals surface area contributed by atoms with Gasteiger partial charge in [-0.3, -0.25) is 9.80 Å². The Morgan fingerprint density at radius 3 is 2.37 bits per heavy atom. The minimum atomic E-state index is -0.519. The highest BCUT2D eigenvalue weighted by molar-refractivity contribution is 6.25. The molecule has 0 aliphatic carbocycles. The summed E-state index contributed by atoms with van der Waals surface area (Å²) in [6.07, 6.45) is 1.01. The maximum absolute atomic E-state index is 7.39. The number of hydrogen-bond donors (Lipinski definition) is 1. The summed E-state index contributed by atoms with van der Waals surface area (Å²) in [5.74, 6) is 0. The highest BCUT2D eigenvalue weighted by Gasteiger charge is 2.41. The van der Waals surface area contributed by atoms with Gasteiger partial charge in [0.15, 0.2) is 0 Å². The molecule has 2 unspecified atom stereocenters. The van der Waals surface area contributed by atoms with Crippen molar-refractivity contribution in [2.24, 2.45) is 0 Å². The van der Waals surface area contributed by atoms with Gasteiger partial charge in [-0.2, -0.15) is 0 Å². The van der Waals surface area contributed by atoms with Crippen molar-refractivity contribution >= 4 is 11.6 Å². The Balaban J connectivity index is 2.05. The number of benzene rings is 1. The molecule has 2 atom stereocenters. The van der Waals surface area contributed by atoms with Crippen molar-refractivity contribution in [2.75, 3.05) is 52.5 Å². The molecule has 2 aliphatic rings. The Labute approximate surface area is 169 Å². The molecule has 2 aliphatic heterocycles. The van der Waals surface area contributed by atoms with Crippen molar-refractivity contribution in [3.63, 3.8) is 0 Å². The van der Waals surface area contributed by atoms with Crippen molar-refractivity contribution in [1.29, 1.82) is 0 Å². The average molecular weight is 392 g/mol. The molecule has 1 N–H and O–H groups in total. The molecule has 5 heteroatoms. The summed E-state index contributed by atoms with van der Waals surface area (Å²) in [5, 5.41) is 3.49. The molecule has 2 saturated heterocycles. The fourth-order valence-electron chi connectivity index (χ4n) is 4.35. The van der Waals surface area contributed by atoms with Crippen LogP contribution in [0.3, 0.4) is 0 Å². The first-order valence-corrected chi connectivity index (χ1v) is 10.6. The van der Waals surface area contributed by atoms with E-state index in [9.17, 15) is 0 Å². The highest BCUT2D eigenvalue weighted by Crippen LogP contribution is 2.43. The van der Waals surface area contributed by atoms with E-state index >= 15 is 0 Å². The predicted molar refractivity (Wildman–Crippen MR) is 113 cm³/mol. The number of piperazine rings is 1. The molecule has 4 nitrogen and oxygen atoms in total. The lowest BCUT2D eigenvalue weighted by Crippen LogP contribution is -2.53. The van der Waals surface area contributed by atoms with Crippen molar-refractivity contribution in [2.45, 2.75) is 38.2 Å². The van der Waals surface area contributed by atoms with Crippen molar-refractivity contribution < 1.29 is 4.74 Å². The summed E-state index contributed by atoms with van der Waals surface area (Å²) >= 11 is 7.39. The maximum atomic E-state index is 7.39. The molecular formula is C22H34ClN3O. The summed E-state index contributed by atoms with van der Waals surface area (Å²) in [4.78, 5) is 4.47. The molecule has 0 radical (unpaired) electrons. The number of nitrogens with zero attached hydrogens (tertiary/aromatic N) is 2. The van der Waals surface area contributed by atoms with Crippen LogP contribution in [0.15, 0.2) is 41.5 Å². The van der Waals surface area contributed by atoms with Crippen molar-refractivity contribution in [3.05, 3.63) is 47.0 Å². The molecule has 0 amide bonds. The lowest BCUT2D eigenvalue weighted by molar-refractivity contribution is 0.0134. The van der Waals surface area contributed by atoms with Crippen molar-refractivity contribution in [1.82, 2.24) is 15.1 Å². The second-order valence-electron chi connectivity index (χ2n) is 7.70. The van der Waals surface area contributed by atoms with Crippen LogP contribution >= 0.6 is 11.6 Å². The molecule has 27 heavy (non-hydrogen) atoms. The van der Waals surface area contributed by atoms with Crippen LogP contribution in [0.25, 0.3) is 0 Å². The molecule has 0 saturated carbocycles.